The van der Waals surface area contributed by atoms with E-state index in [1.54, 1.807) is 19.5 Å². The van der Waals surface area contributed by atoms with E-state index in [9.17, 15) is 0 Å². The molecule has 0 radical (unpaired) electrons. The Hall–Kier alpha value is -2.08. The molecule has 0 aliphatic carbocycles. The standard InChI is InChI=1S/C22H23BrN2O2.ClH/c1-26-21-13-19(15-25-11-9-17-6-3-2-4-7-17)12-20(23)22(21)27-16-18-8-5-10-24-14-18;/h2-8,10,12-14,25H,9,11,15-16H2,1H3;1H. The summed E-state index contributed by atoms with van der Waals surface area (Å²) in [5, 5.41) is 3.48. The van der Waals surface area contributed by atoms with Crippen molar-refractivity contribution >= 4 is 28.3 Å². The molecular weight excluding hydrogens is 440 g/mol. The minimum atomic E-state index is 0. The van der Waals surface area contributed by atoms with Crippen LogP contribution in [0.5, 0.6) is 11.5 Å². The Labute approximate surface area is 180 Å². The summed E-state index contributed by atoms with van der Waals surface area (Å²) in [5.41, 5.74) is 3.49. The maximum Gasteiger partial charge on any atom is 0.175 e. The third kappa shape index (κ3) is 6.51. The molecule has 4 nitrogen and oxygen atoms in total. The van der Waals surface area contributed by atoms with Crippen LogP contribution < -0.4 is 14.8 Å². The number of methoxy groups -OCH3 is 1. The highest BCUT2D eigenvalue weighted by Gasteiger charge is 2.12. The maximum absolute atomic E-state index is 5.95. The van der Waals surface area contributed by atoms with E-state index in [1.165, 1.54) is 5.56 Å². The third-order valence-electron chi connectivity index (χ3n) is 4.16. The van der Waals surface area contributed by atoms with E-state index in [0.717, 1.165) is 35.1 Å². The number of pyridine rings is 1. The summed E-state index contributed by atoms with van der Waals surface area (Å²) in [5.74, 6) is 1.42. The predicted octanol–water partition coefficient (Wildman–Crippen LogP) is 5.19. The average Bonchev–Trinajstić information content (AvgIpc) is 2.71. The lowest BCUT2D eigenvalue weighted by atomic mass is 10.1. The van der Waals surface area contributed by atoms with Crippen LogP contribution in [-0.4, -0.2) is 18.6 Å². The Balaban J connectivity index is 0.00000280. The van der Waals surface area contributed by atoms with Crippen LogP contribution in [0.1, 0.15) is 16.7 Å². The van der Waals surface area contributed by atoms with Gasteiger partial charge in [-0.15, -0.1) is 12.4 Å². The molecule has 0 atom stereocenters. The Bertz CT molecular complexity index is 848. The number of rotatable bonds is 9. The quantitative estimate of drug-likeness (QED) is 0.444. The monoisotopic (exact) mass is 462 g/mol. The van der Waals surface area contributed by atoms with Crippen LogP contribution in [0.3, 0.4) is 0 Å². The van der Waals surface area contributed by atoms with Gasteiger partial charge in [0.05, 0.1) is 11.6 Å². The lowest BCUT2D eigenvalue weighted by Gasteiger charge is -2.15. The van der Waals surface area contributed by atoms with Crippen LogP contribution >= 0.6 is 28.3 Å². The van der Waals surface area contributed by atoms with Gasteiger partial charge in [0.2, 0.25) is 0 Å². The van der Waals surface area contributed by atoms with Crippen LogP contribution in [0.2, 0.25) is 0 Å². The second-order valence-electron chi connectivity index (χ2n) is 6.17. The number of aromatic nitrogens is 1. The zero-order valence-corrected chi connectivity index (χ0v) is 18.1. The van der Waals surface area contributed by atoms with Crippen LogP contribution in [0, 0.1) is 0 Å². The Morgan fingerprint density at radius 2 is 1.79 bits per heavy atom. The topological polar surface area (TPSA) is 43.4 Å². The molecule has 0 bridgehead atoms. The number of nitrogens with one attached hydrogen (secondary N) is 1. The van der Waals surface area contributed by atoms with Gasteiger partial charge < -0.3 is 14.8 Å². The average molecular weight is 464 g/mol. The highest BCUT2D eigenvalue weighted by Crippen LogP contribution is 2.37. The highest BCUT2D eigenvalue weighted by molar-refractivity contribution is 9.10. The summed E-state index contributed by atoms with van der Waals surface area (Å²) in [6.07, 6.45) is 4.55. The highest BCUT2D eigenvalue weighted by atomic mass is 79.9. The Kier molecular flexibility index (Phi) is 9.28. The number of hydrogen-bond acceptors (Lipinski definition) is 4. The van der Waals surface area contributed by atoms with Gasteiger partial charge in [-0.2, -0.15) is 0 Å². The fraction of sp³-hybridized carbons (Fsp3) is 0.227. The summed E-state index contributed by atoms with van der Waals surface area (Å²) < 4.78 is 12.4. The number of ether oxygens (including phenoxy) is 2. The van der Waals surface area contributed by atoms with Crippen molar-refractivity contribution in [2.45, 2.75) is 19.6 Å². The molecule has 0 fully saturated rings. The molecule has 0 amide bonds. The van der Waals surface area contributed by atoms with Crippen molar-refractivity contribution in [1.82, 2.24) is 10.3 Å². The lowest BCUT2D eigenvalue weighted by molar-refractivity contribution is 0.282. The molecule has 1 N–H and O–H groups in total. The summed E-state index contributed by atoms with van der Waals surface area (Å²) in [6.45, 7) is 2.13. The van der Waals surface area contributed by atoms with Gasteiger partial charge in [-0.05, 0) is 58.2 Å². The molecule has 1 heterocycles. The summed E-state index contributed by atoms with van der Waals surface area (Å²) in [7, 11) is 1.66. The first-order chi connectivity index (χ1) is 13.3. The molecule has 0 spiro atoms. The zero-order valence-electron chi connectivity index (χ0n) is 15.7. The van der Waals surface area contributed by atoms with E-state index < -0.39 is 0 Å². The minimum absolute atomic E-state index is 0. The molecule has 148 valence electrons. The molecule has 0 saturated heterocycles. The van der Waals surface area contributed by atoms with Crippen molar-refractivity contribution in [3.8, 4) is 11.5 Å². The fourth-order valence-corrected chi connectivity index (χ4v) is 3.37. The molecular formula is C22H24BrClN2O2. The molecule has 3 aromatic rings. The molecule has 3 rings (SSSR count). The third-order valence-corrected chi connectivity index (χ3v) is 4.75. The van der Waals surface area contributed by atoms with Gasteiger partial charge in [0, 0.05) is 24.5 Å². The number of benzene rings is 2. The Morgan fingerprint density at radius 1 is 1.00 bits per heavy atom. The fourth-order valence-electron chi connectivity index (χ4n) is 2.76. The van der Waals surface area contributed by atoms with Crippen molar-refractivity contribution in [2.24, 2.45) is 0 Å². The lowest BCUT2D eigenvalue weighted by Crippen LogP contribution is -2.16. The largest absolute Gasteiger partial charge is 0.493 e. The summed E-state index contributed by atoms with van der Waals surface area (Å²) in [6, 6.07) is 18.4. The first-order valence-corrected chi connectivity index (χ1v) is 9.68. The molecule has 0 aliphatic heterocycles. The molecule has 2 aromatic carbocycles. The maximum atomic E-state index is 5.95. The van der Waals surface area contributed by atoms with Gasteiger partial charge >= 0.3 is 0 Å². The SMILES string of the molecule is COc1cc(CNCCc2ccccc2)cc(Br)c1OCc1cccnc1.Cl. The van der Waals surface area contributed by atoms with Gasteiger partial charge in [-0.1, -0.05) is 36.4 Å². The van der Waals surface area contributed by atoms with E-state index in [0.29, 0.717) is 18.1 Å². The second kappa shape index (κ2) is 11.7. The molecule has 0 unspecified atom stereocenters. The molecule has 6 heteroatoms. The molecule has 0 aliphatic rings. The molecule has 1 aromatic heterocycles. The first kappa shape index (κ1) is 22.2. The van der Waals surface area contributed by atoms with Crippen molar-refractivity contribution < 1.29 is 9.47 Å². The van der Waals surface area contributed by atoms with Crippen molar-refractivity contribution in [2.75, 3.05) is 13.7 Å². The molecule has 0 saturated carbocycles. The van der Waals surface area contributed by atoms with E-state index in [2.05, 4.69) is 56.6 Å². The van der Waals surface area contributed by atoms with E-state index in [4.69, 9.17) is 9.47 Å². The number of halogens is 2. The van der Waals surface area contributed by atoms with Gasteiger partial charge in [-0.3, -0.25) is 4.98 Å². The van der Waals surface area contributed by atoms with E-state index in [-0.39, 0.29) is 12.4 Å². The normalized spacial score (nSPS) is 10.2. The number of nitrogens with zero attached hydrogens (tertiary/aromatic N) is 1. The summed E-state index contributed by atoms with van der Waals surface area (Å²) in [4.78, 5) is 4.11. The summed E-state index contributed by atoms with van der Waals surface area (Å²) >= 11 is 3.61. The second-order valence-corrected chi connectivity index (χ2v) is 7.03. The smallest absolute Gasteiger partial charge is 0.175 e. The van der Waals surface area contributed by atoms with Crippen LogP contribution in [0.15, 0.2) is 71.5 Å². The van der Waals surface area contributed by atoms with Crippen molar-refractivity contribution in [3.63, 3.8) is 0 Å². The minimum Gasteiger partial charge on any atom is -0.493 e. The van der Waals surface area contributed by atoms with Crippen LogP contribution in [0.4, 0.5) is 0 Å². The van der Waals surface area contributed by atoms with Gasteiger partial charge in [-0.25, -0.2) is 0 Å². The van der Waals surface area contributed by atoms with E-state index >= 15 is 0 Å². The van der Waals surface area contributed by atoms with Crippen molar-refractivity contribution in [3.05, 3.63) is 88.2 Å². The van der Waals surface area contributed by atoms with Gasteiger partial charge in [0.25, 0.3) is 0 Å². The van der Waals surface area contributed by atoms with Gasteiger partial charge in [0.1, 0.15) is 6.61 Å². The molecule has 28 heavy (non-hydrogen) atoms. The first-order valence-electron chi connectivity index (χ1n) is 8.89. The Morgan fingerprint density at radius 3 is 2.50 bits per heavy atom. The van der Waals surface area contributed by atoms with Gasteiger partial charge in [0.15, 0.2) is 11.5 Å². The van der Waals surface area contributed by atoms with Crippen LogP contribution in [-0.2, 0) is 19.6 Å². The predicted molar refractivity (Wildman–Crippen MR) is 118 cm³/mol. The number of hydrogen-bond donors (Lipinski definition) is 1. The zero-order chi connectivity index (χ0) is 18.9. The van der Waals surface area contributed by atoms with E-state index in [1.807, 2.05) is 24.3 Å². The van der Waals surface area contributed by atoms with Crippen LogP contribution in [0.25, 0.3) is 0 Å². The van der Waals surface area contributed by atoms with Crippen molar-refractivity contribution in [1.29, 1.82) is 0 Å².